The van der Waals surface area contributed by atoms with Gasteiger partial charge in [0.25, 0.3) is 0 Å². The summed E-state index contributed by atoms with van der Waals surface area (Å²) in [5, 5.41) is 12.7. The highest BCUT2D eigenvalue weighted by atomic mass is 32.2. The Labute approximate surface area is 167 Å². The first-order chi connectivity index (χ1) is 13.2. The van der Waals surface area contributed by atoms with Crippen molar-refractivity contribution in [3.05, 3.63) is 58.5 Å². The summed E-state index contributed by atoms with van der Waals surface area (Å²) in [6.07, 6.45) is 1.64. The monoisotopic (exact) mass is 401 g/mol. The van der Waals surface area contributed by atoms with Crippen LogP contribution >= 0.6 is 23.1 Å². The van der Waals surface area contributed by atoms with Crippen molar-refractivity contribution in [3.8, 4) is 0 Å². The molecule has 2 N–H and O–H groups in total. The van der Waals surface area contributed by atoms with Crippen molar-refractivity contribution < 1.29 is 4.79 Å². The maximum Gasteiger partial charge on any atom is 0.230 e. The number of rotatable bonds is 10. The van der Waals surface area contributed by atoms with Crippen LogP contribution in [0.15, 0.2) is 53.0 Å². The number of aromatic amines is 1. The highest BCUT2D eigenvalue weighted by Gasteiger charge is 2.08. The number of anilines is 1. The number of carbonyl (C=O) groups is 1. The quantitative estimate of drug-likeness (QED) is 0.403. The Hall–Kier alpha value is -2.32. The van der Waals surface area contributed by atoms with Gasteiger partial charge in [-0.1, -0.05) is 36.0 Å². The van der Waals surface area contributed by atoms with Gasteiger partial charge in [0.05, 0.1) is 5.75 Å². The molecule has 6 nitrogen and oxygen atoms in total. The summed E-state index contributed by atoms with van der Waals surface area (Å²) in [4.78, 5) is 19.8. The number of benzene rings is 1. The Morgan fingerprint density at radius 1 is 1.26 bits per heavy atom. The average molecular weight is 402 g/mol. The standard InChI is InChI=1S/C19H23N5OS2/c1-24(15-7-3-2-4-8-15)11-6-10-20-18(25)14-27-19-21-17(22-23-19)13-16-9-5-12-26-16/h2-5,7-9,12H,6,10-11,13-14H2,1H3,(H,20,25)(H,21,22,23). The van der Waals surface area contributed by atoms with Crippen LogP contribution in [0.1, 0.15) is 17.1 Å². The van der Waals surface area contributed by atoms with Crippen LogP contribution in [0.25, 0.3) is 0 Å². The van der Waals surface area contributed by atoms with Crippen LogP contribution < -0.4 is 10.2 Å². The third kappa shape index (κ3) is 6.41. The second kappa shape index (κ2) is 10.1. The highest BCUT2D eigenvalue weighted by Crippen LogP contribution is 2.16. The summed E-state index contributed by atoms with van der Waals surface area (Å²) in [6.45, 7) is 1.55. The van der Waals surface area contributed by atoms with Gasteiger partial charge in [0.1, 0.15) is 5.82 Å². The van der Waals surface area contributed by atoms with Crippen molar-refractivity contribution in [1.82, 2.24) is 20.5 Å². The summed E-state index contributed by atoms with van der Waals surface area (Å²) < 4.78 is 0. The number of carbonyl (C=O) groups excluding carboxylic acids is 1. The van der Waals surface area contributed by atoms with E-state index < -0.39 is 0 Å². The number of aromatic nitrogens is 3. The Balaban J connectivity index is 1.31. The molecule has 1 aromatic carbocycles. The van der Waals surface area contributed by atoms with Crippen LogP contribution in [-0.2, 0) is 11.2 Å². The normalized spacial score (nSPS) is 10.7. The minimum absolute atomic E-state index is 0.00645. The molecule has 0 atom stereocenters. The van der Waals surface area contributed by atoms with Crippen LogP contribution in [0.2, 0.25) is 0 Å². The van der Waals surface area contributed by atoms with E-state index in [4.69, 9.17) is 0 Å². The molecule has 0 fully saturated rings. The van der Waals surface area contributed by atoms with E-state index >= 15 is 0 Å². The SMILES string of the molecule is CN(CCCNC(=O)CSc1n[nH]c(Cc2cccs2)n1)c1ccccc1. The van der Waals surface area contributed by atoms with Crippen molar-refractivity contribution in [2.45, 2.75) is 18.0 Å². The molecule has 0 aliphatic rings. The Morgan fingerprint density at radius 2 is 2.11 bits per heavy atom. The lowest BCUT2D eigenvalue weighted by atomic mass is 10.3. The fourth-order valence-corrected chi connectivity index (χ4v) is 3.89. The largest absolute Gasteiger partial charge is 0.375 e. The Bertz CT molecular complexity index is 820. The minimum atomic E-state index is 0.00645. The average Bonchev–Trinajstić information content (AvgIpc) is 3.36. The van der Waals surface area contributed by atoms with E-state index in [1.165, 1.54) is 22.3 Å². The second-order valence-electron chi connectivity index (χ2n) is 6.07. The molecule has 0 unspecified atom stereocenters. The molecule has 0 spiro atoms. The zero-order valence-electron chi connectivity index (χ0n) is 15.2. The molecule has 2 aromatic heterocycles. The Morgan fingerprint density at radius 3 is 2.89 bits per heavy atom. The third-order valence-electron chi connectivity index (χ3n) is 3.95. The van der Waals surface area contributed by atoms with Crippen LogP contribution in [0.3, 0.4) is 0 Å². The van der Waals surface area contributed by atoms with E-state index in [9.17, 15) is 4.79 Å². The van der Waals surface area contributed by atoms with E-state index in [0.29, 0.717) is 17.5 Å². The van der Waals surface area contributed by atoms with Gasteiger partial charge in [0.15, 0.2) is 0 Å². The van der Waals surface area contributed by atoms with Gasteiger partial charge in [0.2, 0.25) is 11.1 Å². The van der Waals surface area contributed by atoms with Gasteiger partial charge in [-0.2, -0.15) is 0 Å². The van der Waals surface area contributed by atoms with E-state index in [2.05, 4.69) is 50.6 Å². The summed E-state index contributed by atoms with van der Waals surface area (Å²) in [5.74, 6) is 1.15. The molecule has 3 aromatic rings. The van der Waals surface area contributed by atoms with E-state index in [0.717, 1.165) is 25.2 Å². The molecule has 0 aliphatic heterocycles. The molecule has 27 heavy (non-hydrogen) atoms. The van der Waals surface area contributed by atoms with Gasteiger partial charge in [-0.05, 0) is 30.0 Å². The number of hydrogen-bond acceptors (Lipinski definition) is 6. The number of hydrogen-bond donors (Lipinski definition) is 2. The van der Waals surface area contributed by atoms with Gasteiger partial charge in [-0.3, -0.25) is 9.89 Å². The van der Waals surface area contributed by atoms with Crippen LogP contribution in [0.4, 0.5) is 5.69 Å². The smallest absolute Gasteiger partial charge is 0.230 e. The van der Waals surface area contributed by atoms with Crippen LogP contribution in [0.5, 0.6) is 0 Å². The lowest BCUT2D eigenvalue weighted by molar-refractivity contribution is -0.118. The second-order valence-corrected chi connectivity index (χ2v) is 8.04. The van der Waals surface area contributed by atoms with Crippen molar-refractivity contribution in [2.75, 3.05) is 30.8 Å². The number of amides is 1. The molecule has 0 aliphatic carbocycles. The van der Waals surface area contributed by atoms with Crippen molar-refractivity contribution in [1.29, 1.82) is 0 Å². The number of para-hydroxylation sites is 1. The maximum atomic E-state index is 12.0. The molecule has 0 bridgehead atoms. The van der Waals surface area contributed by atoms with Crippen LogP contribution in [0, 0.1) is 0 Å². The maximum absolute atomic E-state index is 12.0. The predicted octanol–water partition coefficient (Wildman–Crippen LogP) is 3.19. The number of H-pyrrole nitrogens is 1. The number of thiophene rings is 1. The molecule has 8 heteroatoms. The van der Waals surface area contributed by atoms with Gasteiger partial charge in [-0.15, -0.1) is 16.4 Å². The number of nitrogens with zero attached hydrogens (tertiary/aromatic N) is 3. The van der Waals surface area contributed by atoms with E-state index in [1.54, 1.807) is 11.3 Å². The molecule has 0 saturated heterocycles. The molecule has 0 saturated carbocycles. The zero-order chi connectivity index (χ0) is 18.9. The van der Waals surface area contributed by atoms with Crippen molar-refractivity contribution >= 4 is 34.7 Å². The Kier molecular flexibility index (Phi) is 7.29. The number of nitrogens with one attached hydrogen (secondary N) is 2. The van der Waals surface area contributed by atoms with Crippen molar-refractivity contribution in [2.24, 2.45) is 0 Å². The molecule has 0 radical (unpaired) electrons. The molecule has 3 rings (SSSR count). The van der Waals surface area contributed by atoms with E-state index in [-0.39, 0.29) is 5.91 Å². The molecular weight excluding hydrogens is 378 g/mol. The first kappa shape index (κ1) is 19.4. The number of thioether (sulfide) groups is 1. The molecular formula is C19H23N5OS2. The third-order valence-corrected chi connectivity index (χ3v) is 5.68. The van der Waals surface area contributed by atoms with Gasteiger partial charge >= 0.3 is 0 Å². The highest BCUT2D eigenvalue weighted by molar-refractivity contribution is 7.99. The topological polar surface area (TPSA) is 73.9 Å². The lowest BCUT2D eigenvalue weighted by Gasteiger charge is -2.19. The predicted molar refractivity (Wildman–Crippen MR) is 112 cm³/mol. The summed E-state index contributed by atoms with van der Waals surface area (Å²) in [6, 6.07) is 14.3. The molecule has 142 valence electrons. The fourth-order valence-electron chi connectivity index (χ4n) is 2.54. The fraction of sp³-hybridized carbons (Fsp3) is 0.316. The first-order valence-corrected chi connectivity index (χ1v) is 10.7. The molecule has 2 heterocycles. The summed E-state index contributed by atoms with van der Waals surface area (Å²) >= 11 is 3.05. The van der Waals surface area contributed by atoms with Gasteiger partial charge < -0.3 is 10.2 Å². The lowest BCUT2D eigenvalue weighted by Crippen LogP contribution is -2.29. The molecule has 1 amide bonds. The van der Waals surface area contributed by atoms with Gasteiger partial charge in [0, 0.05) is 37.1 Å². The van der Waals surface area contributed by atoms with Crippen molar-refractivity contribution in [3.63, 3.8) is 0 Å². The van der Waals surface area contributed by atoms with Crippen LogP contribution in [-0.4, -0.2) is 47.0 Å². The zero-order valence-corrected chi connectivity index (χ0v) is 16.9. The first-order valence-electron chi connectivity index (χ1n) is 8.80. The minimum Gasteiger partial charge on any atom is -0.375 e. The van der Waals surface area contributed by atoms with Gasteiger partial charge in [-0.25, -0.2) is 4.98 Å². The summed E-state index contributed by atoms with van der Waals surface area (Å²) in [5.41, 5.74) is 1.18. The summed E-state index contributed by atoms with van der Waals surface area (Å²) in [7, 11) is 2.06. The van der Waals surface area contributed by atoms with E-state index in [1.807, 2.05) is 29.6 Å².